The number of aromatic nitrogens is 3. The molecule has 0 spiro atoms. The van der Waals surface area contributed by atoms with Crippen LogP contribution in [0, 0.1) is 6.92 Å². The third kappa shape index (κ3) is 3.90. The van der Waals surface area contributed by atoms with Crippen molar-refractivity contribution < 1.29 is 0 Å². The van der Waals surface area contributed by atoms with Crippen LogP contribution >= 0.6 is 0 Å². The first kappa shape index (κ1) is 14.7. The van der Waals surface area contributed by atoms with Crippen molar-refractivity contribution in [3.05, 3.63) is 47.3 Å². The molecule has 1 unspecified atom stereocenters. The van der Waals surface area contributed by atoms with Crippen molar-refractivity contribution in [1.29, 1.82) is 0 Å². The summed E-state index contributed by atoms with van der Waals surface area (Å²) in [6, 6.07) is 9.10. The summed E-state index contributed by atoms with van der Waals surface area (Å²) in [6.45, 7) is 5.33. The van der Waals surface area contributed by atoms with E-state index in [0.717, 1.165) is 31.5 Å². The summed E-state index contributed by atoms with van der Waals surface area (Å²) in [4.78, 5) is 0. The van der Waals surface area contributed by atoms with Crippen LogP contribution in [0.4, 0.5) is 0 Å². The molecule has 1 heterocycles. The van der Waals surface area contributed by atoms with Gasteiger partial charge in [0, 0.05) is 7.05 Å². The fourth-order valence-corrected chi connectivity index (χ4v) is 2.35. The molecule has 4 nitrogen and oxygen atoms in total. The number of rotatable bonds is 7. The zero-order valence-corrected chi connectivity index (χ0v) is 12.6. The van der Waals surface area contributed by atoms with Gasteiger partial charge in [-0.3, -0.25) is 4.68 Å². The molecule has 108 valence electrons. The van der Waals surface area contributed by atoms with Crippen LogP contribution in [0.2, 0.25) is 0 Å². The van der Waals surface area contributed by atoms with Gasteiger partial charge in [-0.2, -0.15) is 0 Å². The van der Waals surface area contributed by atoms with E-state index in [9.17, 15) is 0 Å². The summed E-state index contributed by atoms with van der Waals surface area (Å²) < 4.78 is 1.86. The topological polar surface area (TPSA) is 42.7 Å². The Balaban J connectivity index is 2.01. The van der Waals surface area contributed by atoms with Gasteiger partial charge in [0.1, 0.15) is 0 Å². The Bertz CT molecular complexity index is 516. The average molecular weight is 272 g/mol. The van der Waals surface area contributed by atoms with Crippen LogP contribution < -0.4 is 5.32 Å². The lowest BCUT2D eigenvalue weighted by molar-refractivity contribution is 0.467. The van der Waals surface area contributed by atoms with Crippen molar-refractivity contribution in [1.82, 2.24) is 20.3 Å². The molecule has 0 saturated heterocycles. The Morgan fingerprint density at radius 3 is 2.60 bits per heavy atom. The second-order valence-corrected chi connectivity index (χ2v) is 5.31. The molecular formula is C16H24N4. The third-order valence-corrected chi connectivity index (χ3v) is 3.59. The molecule has 20 heavy (non-hydrogen) atoms. The lowest BCUT2D eigenvalue weighted by Crippen LogP contribution is -2.24. The molecule has 0 aliphatic carbocycles. The first-order valence-corrected chi connectivity index (χ1v) is 7.34. The average Bonchev–Trinajstić information content (AvgIpc) is 2.87. The molecule has 1 aromatic carbocycles. The maximum Gasteiger partial charge on any atom is 0.0753 e. The lowest BCUT2D eigenvalue weighted by atomic mass is 10.0. The normalized spacial score (nSPS) is 12.6. The Labute approximate surface area is 121 Å². The van der Waals surface area contributed by atoms with E-state index in [0.29, 0.717) is 6.04 Å². The Morgan fingerprint density at radius 2 is 2.00 bits per heavy atom. The van der Waals surface area contributed by atoms with E-state index in [1.807, 2.05) is 17.9 Å². The molecule has 0 saturated carbocycles. The molecular weight excluding hydrogens is 248 g/mol. The van der Waals surface area contributed by atoms with Crippen LogP contribution in [0.15, 0.2) is 30.5 Å². The molecule has 2 aromatic rings. The molecule has 0 aliphatic rings. The van der Waals surface area contributed by atoms with Gasteiger partial charge in [0.2, 0.25) is 0 Å². The van der Waals surface area contributed by atoms with Crippen LogP contribution in [-0.4, -0.2) is 21.5 Å². The Hall–Kier alpha value is -1.68. The highest BCUT2D eigenvalue weighted by atomic mass is 15.4. The molecule has 1 N–H and O–H groups in total. The van der Waals surface area contributed by atoms with Crippen LogP contribution in [0.5, 0.6) is 0 Å². The highest BCUT2D eigenvalue weighted by Gasteiger charge is 2.14. The number of hydrogen-bond acceptors (Lipinski definition) is 3. The van der Waals surface area contributed by atoms with Gasteiger partial charge in [-0.05, 0) is 38.3 Å². The van der Waals surface area contributed by atoms with Gasteiger partial charge in [-0.15, -0.1) is 5.10 Å². The van der Waals surface area contributed by atoms with E-state index in [-0.39, 0.29) is 0 Å². The lowest BCUT2D eigenvalue weighted by Gasteiger charge is -2.18. The SMILES string of the molecule is CCCNC(CCc1ccc(C)cc1)c1cnnn1C. The predicted octanol–water partition coefficient (Wildman–Crippen LogP) is 2.80. The number of nitrogens with zero attached hydrogens (tertiary/aromatic N) is 3. The highest BCUT2D eigenvalue weighted by molar-refractivity contribution is 5.21. The van der Waals surface area contributed by atoms with E-state index in [1.54, 1.807) is 0 Å². The predicted molar refractivity (Wildman–Crippen MR) is 81.5 cm³/mol. The summed E-state index contributed by atoms with van der Waals surface area (Å²) in [5.74, 6) is 0. The number of nitrogens with one attached hydrogen (secondary N) is 1. The summed E-state index contributed by atoms with van der Waals surface area (Å²) in [5, 5.41) is 11.6. The number of aryl methyl sites for hydroxylation is 3. The second-order valence-electron chi connectivity index (χ2n) is 5.31. The van der Waals surface area contributed by atoms with Gasteiger partial charge in [0.05, 0.1) is 17.9 Å². The van der Waals surface area contributed by atoms with E-state index >= 15 is 0 Å². The first-order chi connectivity index (χ1) is 9.70. The largest absolute Gasteiger partial charge is 0.309 e. The maximum atomic E-state index is 4.04. The van der Waals surface area contributed by atoms with Crippen LogP contribution in [0.3, 0.4) is 0 Å². The standard InChI is InChI=1S/C16H24N4/c1-4-11-17-15(16-12-18-19-20(16)3)10-9-14-7-5-13(2)6-8-14/h5-8,12,15,17H,4,9-11H2,1-3H3. The van der Waals surface area contributed by atoms with Gasteiger partial charge in [-0.25, -0.2) is 0 Å². The van der Waals surface area contributed by atoms with Crippen molar-refractivity contribution >= 4 is 0 Å². The molecule has 0 fully saturated rings. The minimum absolute atomic E-state index is 0.316. The second kappa shape index (κ2) is 7.20. The van der Waals surface area contributed by atoms with Crippen molar-refractivity contribution in [2.45, 2.75) is 39.2 Å². The molecule has 0 bridgehead atoms. The highest BCUT2D eigenvalue weighted by Crippen LogP contribution is 2.18. The molecule has 0 aliphatic heterocycles. The Kier molecular flexibility index (Phi) is 5.30. The van der Waals surface area contributed by atoms with Crippen molar-refractivity contribution in [3.63, 3.8) is 0 Å². The molecule has 4 heteroatoms. The minimum Gasteiger partial charge on any atom is -0.309 e. The zero-order chi connectivity index (χ0) is 14.4. The third-order valence-electron chi connectivity index (χ3n) is 3.59. The summed E-state index contributed by atoms with van der Waals surface area (Å²) in [7, 11) is 1.95. The van der Waals surface area contributed by atoms with E-state index < -0.39 is 0 Å². The van der Waals surface area contributed by atoms with E-state index in [4.69, 9.17) is 0 Å². The van der Waals surface area contributed by atoms with Gasteiger partial charge >= 0.3 is 0 Å². The van der Waals surface area contributed by atoms with Crippen LogP contribution in [0.1, 0.15) is 42.6 Å². The fourth-order valence-electron chi connectivity index (χ4n) is 2.35. The molecule has 1 aromatic heterocycles. The number of hydrogen-bond donors (Lipinski definition) is 1. The molecule has 2 rings (SSSR count). The Morgan fingerprint density at radius 1 is 1.25 bits per heavy atom. The van der Waals surface area contributed by atoms with Crippen LogP contribution in [0.25, 0.3) is 0 Å². The smallest absolute Gasteiger partial charge is 0.0753 e. The quantitative estimate of drug-likeness (QED) is 0.843. The van der Waals surface area contributed by atoms with Gasteiger partial charge in [-0.1, -0.05) is 42.0 Å². The molecule has 0 radical (unpaired) electrons. The molecule has 0 amide bonds. The van der Waals surface area contributed by atoms with E-state index in [1.165, 1.54) is 11.1 Å². The van der Waals surface area contributed by atoms with Crippen LogP contribution in [-0.2, 0) is 13.5 Å². The maximum absolute atomic E-state index is 4.04. The van der Waals surface area contributed by atoms with Gasteiger partial charge < -0.3 is 5.32 Å². The zero-order valence-electron chi connectivity index (χ0n) is 12.6. The first-order valence-electron chi connectivity index (χ1n) is 7.34. The molecule has 1 atom stereocenters. The minimum atomic E-state index is 0.316. The van der Waals surface area contributed by atoms with E-state index in [2.05, 4.69) is 53.7 Å². The summed E-state index contributed by atoms with van der Waals surface area (Å²) in [5.41, 5.74) is 3.85. The monoisotopic (exact) mass is 272 g/mol. The van der Waals surface area contributed by atoms with Crippen molar-refractivity contribution in [3.8, 4) is 0 Å². The fraction of sp³-hybridized carbons (Fsp3) is 0.500. The summed E-state index contributed by atoms with van der Waals surface area (Å²) >= 11 is 0. The van der Waals surface area contributed by atoms with Gasteiger partial charge in [0.15, 0.2) is 0 Å². The summed E-state index contributed by atoms with van der Waals surface area (Å²) in [6.07, 6.45) is 5.12. The van der Waals surface area contributed by atoms with Crippen molar-refractivity contribution in [2.24, 2.45) is 7.05 Å². The number of benzene rings is 1. The van der Waals surface area contributed by atoms with Crippen molar-refractivity contribution in [2.75, 3.05) is 6.54 Å². The van der Waals surface area contributed by atoms with Gasteiger partial charge in [0.25, 0.3) is 0 Å².